The molecule has 1 aromatic heterocycles. The summed E-state index contributed by atoms with van der Waals surface area (Å²) in [6, 6.07) is 11.4. The van der Waals surface area contributed by atoms with Gasteiger partial charge in [-0.15, -0.1) is 0 Å². The number of carbonyl (C=O) groups excluding carboxylic acids is 1. The number of hydrogen-bond acceptors (Lipinski definition) is 6. The molecule has 3 atom stereocenters. The van der Waals surface area contributed by atoms with Gasteiger partial charge in [0, 0.05) is 16.8 Å². The van der Waals surface area contributed by atoms with Crippen LogP contribution in [0.1, 0.15) is 25.5 Å². The van der Waals surface area contributed by atoms with Gasteiger partial charge in [0.25, 0.3) is 0 Å². The van der Waals surface area contributed by atoms with Crippen LogP contribution < -0.4 is 15.4 Å². The van der Waals surface area contributed by atoms with E-state index in [0.29, 0.717) is 29.0 Å². The fourth-order valence-electron chi connectivity index (χ4n) is 3.74. The van der Waals surface area contributed by atoms with Crippen LogP contribution in [0.2, 0.25) is 5.02 Å². The second-order valence-corrected chi connectivity index (χ2v) is 7.52. The number of benzene rings is 2. The third-order valence-corrected chi connectivity index (χ3v) is 5.36. The standard InChI is InChI=1S/C21H22ClN5O3/c1-3-30-17-10-13(4-9-16(17)28)19-18(12(2)25-21-23-11-24-27(19)21)20(29)26-15-7-5-14(22)6-8-15/h4-12,18-19,28H,3H2,1-2H3,(H,26,29)(H,23,24,25)/t12-,18-,19-/m1/s1. The van der Waals surface area contributed by atoms with Gasteiger partial charge in [0.15, 0.2) is 11.5 Å². The van der Waals surface area contributed by atoms with Crippen molar-refractivity contribution in [1.29, 1.82) is 0 Å². The molecule has 4 rings (SSSR count). The molecule has 30 heavy (non-hydrogen) atoms. The molecule has 3 N–H and O–H groups in total. The summed E-state index contributed by atoms with van der Waals surface area (Å²) in [4.78, 5) is 17.6. The van der Waals surface area contributed by atoms with Crippen molar-refractivity contribution >= 4 is 29.1 Å². The fourth-order valence-corrected chi connectivity index (χ4v) is 3.87. The van der Waals surface area contributed by atoms with E-state index in [9.17, 15) is 9.90 Å². The average Bonchev–Trinajstić information content (AvgIpc) is 3.18. The predicted octanol–water partition coefficient (Wildman–Crippen LogP) is 3.69. The van der Waals surface area contributed by atoms with E-state index in [2.05, 4.69) is 20.7 Å². The number of hydrogen-bond donors (Lipinski definition) is 3. The maximum Gasteiger partial charge on any atom is 0.232 e. The van der Waals surface area contributed by atoms with Crippen molar-refractivity contribution < 1.29 is 14.6 Å². The molecule has 3 aromatic rings. The number of nitrogens with one attached hydrogen (secondary N) is 2. The minimum atomic E-state index is -0.506. The molecule has 0 radical (unpaired) electrons. The van der Waals surface area contributed by atoms with E-state index in [1.165, 1.54) is 6.33 Å². The molecule has 8 nitrogen and oxygen atoms in total. The second kappa shape index (κ2) is 8.23. The zero-order valence-corrected chi connectivity index (χ0v) is 17.3. The number of phenolic OH excluding ortho intramolecular Hbond substituents is 1. The quantitative estimate of drug-likeness (QED) is 0.574. The molecular formula is C21H22ClN5O3. The number of amides is 1. The van der Waals surface area contributed by atoms with E-state index in [-0.39, 0.29) is 17.7 Å². The van der Waals surface area contributed by atoms with Crippen molar-refractivity contribution in [3.05, 3.63) is 59.4 Å². The van der Waals surface area contributed by atoms with Gasteiger partial charge in [-0.3, -0.25) is 4.79 Å². The highest BCUT2D eigenvalue weighted by Gasteiger charge is 2.41. The van der Waals surface area contributed by atoms with Gasteiger partial charge in [0.1, 0.15) is 6.33 Å². The lowest BCUT2D eigenvalue weighted by Crippen LogP contribution is -2.46. The van der Waals surface area contributed by atoms with Crippen LogP contribution in [0.5, 0.6) is 11.5 Å². The molecule has 1 aliphatic heterocycles. The van der Waals surface area contributed by atoms with Crippen molar-refractivity contribution in [3.63, 3.8) is 0 Å². The second-order valence-electron chi connectivity index (χ2n) is 7.09. The highest BCUT2D eigenvalue weighted by atomic mass is 35.5. The number of fused-ring (bicyclic) bond motifs is 1. The van der Waals surface area contributed by atoms with Crippen molar-refractivity contribution in [2.45, 2.75) is 25.9 Å². The summed E-state index contributed by atoms with van der Waals surface area (Å²) in [5.41, 5.74) is 1.44. The zero-order valence-electron chi connectivity index (χ0n) is 16.5. The summed E-state index contributed by atoms with van der Waals surface area (Å²) in [5.74, 6) is 0.306. The van der Waals surface area contributed by atoms with Gasteiger partial charge in [-0.05, 0) is 55.8 Å². The van der Waals surface area contributed by atoms with Gasteiger partial charge in [-0.25, -0.2) is 4.68 Å². The molecule has 0 fully saturated rings. The first kappa shape index (κ1) is 20.0. The summed E-state index contributed by atoms with van der Waals surface area (Å²) in [6.07, 6.45) is 1.45. The summed E-state index contributed by atoms with van der Waals surface area (Å²) in [5, 5.41) is 21.2. The molecule has 1 amide bonds. The normalized spacial score (nSPS) is 20.2. The van der Waals surface area contributed by atoms with E-state index >= 15 is 0 Å². The zero-order chi connectivity index (χ0) is 21.3. The summed E-state index contributed by atoms with van der Waals surface area (Å²) < 4.78 is 7.23. The van der Waals surface area contributed by atoms with Gasteiger partial charge >= 0.3 is 0 Å². The van der Waals surface area contributed by atoms with Crippen LogP contribution in [0.15, 0.2) is 48.8 Å². The minimum Gasteiger partial charge on any atom is -0.504 e. The first-order valence-corrected chi connectivity index (χ1v) is 10.0. The monoisotopic (exact) mass is 427 g/mol. The molecule has 0 spiro atoms. The van der Waals surface area contributed by atoms with Crippen molar-refractivity contribution in [2.24, 2.45) is 5.92 Å². The molecule has 0 aliphatic carbocycles. The Morgan fingerprint density at radius 2 is 2.07 bits per heavy atom. The highest BCUT2D eigenvalue weighted by Crippen LogP contribution is 2.39. The summed E-state index contributed by atoms with van der Waals surface area (Å²) in [6.45, 7) is 4.19. The molecule has 0 bridgehead atoms. The van der Waals surface area contributed by atoms with Crippen LogP contribution in [0.25, 0.3) is 0 Å². The SMILES string of the molecule is CCOc1cc([C@@H]2[C@H](C(=O)Nc3ccc(Cl)cc3)[C@@H](C)Nc3ncnn32)ccc1O. The number of nitrogens with zero attached hydrogens (tertiary/aromatic N) is 3. The number of carbonyl (C=O) groups is 1. The number of phenols is 1. The first-order valence-electron chi connectivity index (χ1n) is 9.66. The Bertz CT molecular complexity index is 1050. The molecular weight excluding hydrogens is 406 g/mol. The lowest BCUT2D eigenvalue weighted by atomic mass is 9.85. The third kappa shape index (κ3) is 3.78. The van der Waals surface area contributed by atoms with E-state index in [1.807, 2.05) is 13.8 Å². The van der Waals surface area contributed by atoms with E-state index in [1.54, 1.807) is 47.1 Å². The Morgan fingerprint density at radius 1 is 1.30 bits per heavy atom. The molecule has 0 unspecified atom stereocenters. The Hall–Kier alpha value is -3.26. The van der Waals surface area contributed by atoms with Gasteiger partial charge in [-0.2, -0.15) is 10.1 Å². The number of rotatable bonds is 5. The number of ether oxygens (including phenoxy) is 1. The van der Waals surface area contributed by atoms with Crippen LogP contribution in [0.3, 0.4) is 0 Å². The number of anilines is 2. The van der Waals surface area contributed by atoms with E-state index in [4.69, 9.17) is 16.3 Å². The minimum absolute atomic E-state index is 0.0450. The first-order chi connectivity index (χ1) is 14.5. The Balaban J connectivity index is 1.73. The van der Waals surface area contributed by atoms with Crippen LogP contribution >= 0.6 is 11.6 Å². The Kier molecular flexibility index (Phi) is 5.50. The topological polar surface area (TPSA) is 101 Å². The van der Waals surface area contributed by atoms with Crippen molar-refractivity contribution in [1.82, 2.24) is 14.8 Å². The van der Waals surface area contributed by atoms with Crippen LogP contribution in [-0.4, -0.2) is 38.4 Å². The van der Waals surface area contributed by atoms with Gasteiger partial charge in [0.05, 0.1) is 18.6 Å². The lowest BCUT2D eigenvalue weighted by molar-refractivity contribution is -0.121. The van der Waals surface area contributed by atoms with Crippen LogP contribution in [-0.2, 0) is 4.79 Å². The van der Waals surface area contributed by atoms with Crippen molar-refractivity contribution in [2.75, 3.05) is 17.2 Å². The summed E-state index contributed by atoms with van der Waals surface area (Å²) >= 11 is 5.95. The Labute approximate surface area is 178 Å². The highest BCUT2D eigenvalue weighted by molar-refractivity contribution is 6.30. The van der Waals surface area contributed by atoms with Gasteiger partial charge < -0.3 is 20.5 Å². The van der Waals surface area contributed by atoms with Gasteiger partial charge in [0.2, 0.25) is 11.9 Å². The smallest absolute Gasteiger partial charge is 0.232 e. The molecule has 0 saturated carbocycles. The lowest BCUT2D eigenvalue weighted by Gasteiger charge is -2.37. The van der Waals surface area contributed by atoms with Gasteiger partial charge in [-0.1, -0.05) is 17.7 Å². The third-order valence-electron chi connectivity index (χ3n) is 5.11. The fraction of sp³-hybridized carbons (Fsp3) is 0.286. The molecule has 9 heteroatoms. The maximum atomic E-state index is 13.3. The number of aromatic nitrogens is 3. The number of halogens is 1. The molecule has 1 aliphatic rings. The molecule has 0 saturated heterocycles. The van der Waals surface area contributed by atoms with Crippen molar-refractivity contribution in [3.8, 4) is 11.5 Å². The van der Waals surface area contributed by atoms with Crippen LogP contribution in [0.4, 0.5) is 11.6 Å². The van der Waals surface area contributed by atoms with E-state index in [0.717, 1.165) is 5.56 Å². The molecule has 2 heterocycles. The largest absolute Gasteiger partial charge is 0.504 e. The maximum absolute atomic E-state index is 13.3. The van der Waals surface area contributed by atoms with E-state index < -0.39 is 12.0 Å². The molecule has 2 aromatic carbocycles. The van der Waals surface area contributed by atoms with Crippen LogP contribution in [0, 0.1) is 5.92 Å². The summed E-state index contributed by atoms with van der Waals surface area (Å²) in [7, 11) is 0. The predicted molar refractivity (Wildman–Crippen MR) is 114 cm³/mol. The number of aromatic hydroxyl groups is 1. The molecule has 156 valence electrons. The Morgan fingerprint density at radius 3 is 2.80 bits per heavy atom. The average molecular weight is 428 g/mol.